The highest BCUT2D eigenvalue weighted by molar-refractivity contribution is 6.35. The number of nitrogens with one attached hydrogen (secondary N) is 2. The summed E-state index contributed by atoms with van der Waals surface area (Å²) in [4.78, 5) is 39.3. The molecule has 1 atom stereocenters. The number of carbonyl (C=O) groups is 3. The number of anilines is 1. The van der Waals surface area contributed by atoms with E-state index >= 15 is 0 Å². The van der Waals surface area contributed by atoms with Crippen LogP contribution in [0, 0.1) is 13.8 Å². The van der Waals surface area contributed by atoms with Crippen molar-refractivity contribution in [2.75, 3.05) is 12.4 Å². The molecule has 0 saturated carbocycles. The zero-order chi connectivity index (χ0) is 20.3. The Hall–Kier alpha value is -2.51. The van der Waals surface area contributed by atoms with E-state index in [1.807, 2.05) is 0 Å². The van der Waals surface area contributed by atoms with Gasteiger partial charge in [0.05, 0.1) is 23.4 Å². The van der Waals surface area contributed by atoms with Crippen molar-refractivity contribution in [1.82, 2.24) is 4.98 Å². The first kappa shape index (κ1) is 20.8. The molecule has 0 aliphatic heterocycles. The average molecular weight is 413 g/mol. The predicted molar refractivity (Wildman–Crippen MR) is 102 cm³/mol. The van der Waals surface area contributed by atoms with Crippen molar-refractivity contribution in [1.29, 1.82) is 0 Å². The second kappa shape index (κ2) is 8.45. The number of rotatable bonds is 5. The fourth-order valence-electron chi connectivity index (χ4n) is 2.46. The van der Waals surface area contributed by atoms with Crippen LogP contribution in [-0.4, -0.2) is 36.0 Å². The molecule has 0 spiro atoms. The number of aryl methyl sites for hydroxylation is 1. The first-order chi connectivity index (χ1) is 12.6. The largest absolute Gasteiger partial charge is 0.465 e. The topological polar surface area (TPSA) is 97.5 Å². The van der Waals surface area contributed by atoms with Crippen LogP contribution in [0.4, 0.5) is 5.69 Å². The van der Waals surface area contributed by atoms with Gasteiger partial charge >= 0.3 is 11.9 Å². The first-order valence-corrected chi connectivity index (χ1v) is 8.65. The second-order valence-electron chi connectivity index (χ2n) is 5.78. The van der Waals surface area contributed by atoms with Gasteiger partial charge < -0.3 is 19.8 Å². The van der Waals surface area contributed by atoms with Gasteiger partial charge in [-0.2, -0.15) is 0 Å². The lowest BCUT2D eigenvalue weighted by Gasteiger charge is -2.14. The number of ether oxygens (including phenoxy) is 2. The Morgan fingerprint density at radius 2 is 1.81 bits per heavy atom. The lowest BCUT2D eigenvalue weighted by atomic mass is 10.1. The molecule has 0 saturated heterocycles. The average Bonchev–Trinajstić information content (AvgIpc) is 2.91. The molecular weight excluding hydrogens is 395 g/mol. The van der Waals surface area contributed by atoms with E-state index in [4.69, 9.17) is 32.7 Å². The Bertz CT molecular complexity index is 907. The van der Waals surface area contributed by atoms with Crippen LogP contribution in [0.15, 0.2) is 18.2 Å². The summed E-state index contributed by atoms with van der Waals surface area (Å²) in [6.45, 7) is 4.63. The fourth-order valence-corrected chi connectivity index (χ4v) is 2.80. The maximum atomic E-state index is 12.4. The van der Waals surface area contributed by atoms with Crippen molar-refractivity contribution >= 4 is 46.7 Å². The smallest absolute Gasteiger partial charge is 0.355 e. The van der Waals surface area contributed by atoms with Crippen LogP contribution < -0.4 is 5.32 Å². The molecule has 0 aliphatic carbocycles. The Kier molecular flexibility index (Phi) is 6.51. The summed E-state index contributed by atoms with van der Waals surface area (Å²) in [6.07, 6.45) is -1.11. The molecular formula is C18H18Cl2N2O5. The molecule has 1 aromatic carbocycles. The second-order valence-corrected chi connectivity index (χ2v) is 6.62. The van der Waals surface area contributed by atoms with Gasteiger partial charge in [0, 0.05) is 10.7 Å². The van der Waals surface area contributed by atoms with E-state index in [2.05, 4.69) is 10.3 Å². The molecule has 1 heterocycles. The number of hydrogen-bond acceptors (Lipinski definition) is 5. The molecule has 2 N–H and O–H groups in total. The molecule has 1 unspecified atom stereocenters. The summed E-state index contributed by atoms with van der Waals surface area (Å²) in [5, 5.41) is 3.24. The van der Waals surface area contributed by atoms with Gasteiger partial charge in [0.1, 0.15) is 5.69 Å². The van der Waals surface area contributed by atoms with Crippen molar-refractivity contribution in [3.63, 3.8) is 0 Å². The molecule has 7 nitrogen and oxygen atoms in total. The number of aromatic amines is 1. The highest BCUT2D eigenvalue weighted by atomic mass is 35.5. The highest BCUT2D eigenvalue weighted by Crippen LogP contribution is 2.26. The summed E-state index contributed by atoms with van der Waals surface area (Å²) in [5.41, 5.74) is 1.49. The predicted octanol–water partition coefficient (Wildman–Crippen LogP) is 3.91. The monoisotopic (exact) mass is 412 g/mol. The SMILES string of the molecule is COC(=O)c1c(C)[nH]c(C(=O)OC(C)C(=O)Nc2cc(Cl)ccc2Cl)c1C. The van der Waals surface area contributed by atoms with Crippen LogP contribution >= 0.6 is 23.2 Å². The van der Waals surface area contributed by atoms with E-state index in [1.165, 1.54) is 26.2 Å². The van der Waals surface area contributed by atoms with Crippen molar-refractivity contribution in [2.24, 2.45) is 0 Å². The quantitative estimate of drug-likeness (QED) is 0.725. The maximum Gasteiger partial charge on any atom is 0.355 e. The fraction of sp³-hybridized carbons (Fsp3) is 0.278. The zero-order valence-corrected chi connectivity index (χ0v) is 16.6. The number of amides is 1. The first-order valence-electron chi connectivity index (χ1n) is 7.90. The molecule has 9 heteroatoms. The third kappa shape index (κ3) is 4.61. The third-order valence-electron chi connectivity index (χ3n) is 3.87. The molecule has 0 bridgehead atoms. The van der Waals surface area contributed by atoms with E-state index in [0.29, 0.717) is 27.0 Å². The summed E-state index contributed by atoms with van der Waals surface area (Å²) < 4.78 is 9.89. The van der Waals surface area contributed by atoms with E-state index in [0.717, 1.165) is 0 Å². The number of methoxy groups -OCH3 is 1. The van der Waals surface area contributed by atoms with Gasteiger partial charge in [-0.1, -0.05) is 23.2 Å². The van der Waals surface area contributed by atoms with Gasteiger partial charge in [-0.25, -0.2) is 9.59 Å². The third-order valence-corrected chi connectivity index (χ3v) is 4.44. The lowest BCUT2D eigenvalue weighted by molar-refractivity contribution is -0.123. The van der Waals surface area contributed by atoms with Crippen LogP contribution in [0.25, 0.3) is 0 Å². The minimum absolute atomic E-state index is 0.0772. The minimum atomic E-state index is -1.11. The van der Waals surface area contributed by atoms with Crippen molar-refractivity contribution in [3.8, 4) is 0 Å². The van der Waals surface area contributed by atoms with Gasteiger partial charge in [-0.15, -0.1) is 0 Å². The molecule has 0 radical (unpaired) electrons. The van der Waals surface area contributed by atoms with E-state index in [9.17, 15) is 14.4 Å². The Morgan fingerprint density at radius 1 is 1.15 bits per heavy atom. The van der Waals surface area contributed by atoms with Crippen LogP contribution in [0.5, 0.6) is 0 Å². The van der Waals surface area contributed by atoms with E-state index in [-0.39, 0.29) is 11.3 Å². The van der Waals surface area contributed by atoms with Crippen molar-refractivity contribution < 1.29 is 23.9 Å². The molecule has 1 aromatic heterocycles. The Balaban J connectivity index is 2.12. The van der Waals surface area contributed by atoms with Crippen LogP contribution in [0.2, 0.25) is 10.0 Å². The van der Waals surface area contributed by atoms with Gasteiger partial charge in [0.25, 0.3) is 5.91 Å². The number of carbonyl (C=O) groups excluding carboxylic acids is 3. The van der Waals surface area contributed by atoms with Crippen LogP contribution in [0.1, 0.15) is 39.0 Å². The van der Waals surface area contributed by atoms with Gasteiger partial charge in [0.2, 0.25) is 0 Å². The Labute approximate surface area is 165 Å². The number of aromatic nitrogens is 1. The molecule has 144 valence electrons. The number of hydrogen-bond donors (Lipinski definition) is 2. The normalized spacial score (nSPS) is 11.6. The minimum Gasteiger partial charge on any atom is -0.465 e. The number of benzene rings is 1. The number of esters is 2. The van der Waals surface area contributed by atoms with Crippen LogP contribution in [-0.2, 0) is 14.3 Å². The number of halogens is 2. The van der Waals surface area contributed by atoms with Crippen LogP contribution in [0.3, 0.4) is 0 Å². The highest BCUT2D eigenvalue weighted by Gasteiger charge is 2.26. The molecule has 2 aromatic rings. The van der Waals surface area contributed by atoms with E-state index < -0.39 is 23.9 Å². The molecule has 2 rings (SSSR count). The standard InChI is InChI=1S/C18H18Cl2N2O5/c1-8-14(17(24)26-4)9(2)21-15(8)18(25)27-10(3)16(23)22-13-7-11(19)5-6-12(13)20/h5-7,10,21H,1-4H3,(H,22,23). The van der Waals surface area contributed by atoms with Crippen molar-refractivity contribution in [2.45, 2.75) is 26.9 Å². The molecule has 0 aliphatic rings. The van der Waals surface area contributed by atoms with Gasteiger partial charge in [0.15, 0.2) is 6.10 Å². The molecule has 27 heavy (non-hydrogen) atoms. The summed E-state index contributed by atoms with van der Waals surface area (Å²) in [7, 11) is 1.25. The van der Waals surface area contributed by atoms with Gasteiger partial charge in [-0.05, 0) is 44.5 Å². The summed E-state index contributed by atoms with van der Waals surface area (Å²) in [5.74, 6) is -1.92. The van der Waals surface area contributed by atoms with Gasteiger partial charge in [-0.3, -0.25) is 4.79 Å². The van der Waals surface area contributed by atoms with Crippen molar-refractivity contribution in [3.05, 3.63) is 50.8 Å². The Morgan fingerprint density at radius 3 is 2.44 bits per heavy atom. The summed E-state index contributed by atoms with van der Waals surface area (Å²) >= 11 is 11.9. The molecule has 1 amide bonds. The maximum absolute atomic E-state index is 12.4. The zero-order valence-electron chi connectivity index (χ0n) is 15.1. The lowest BCUT2D eigenvalue weighted by Crippen LogP contribution is -2.30. The number of H-pyrrole nitrogens is 1. The molecule has 0 fully saturated rings. The summed E-state index contributed by atoms with van der Waals surface area (Å²) in [6, 6.07) is 4.60. The van der Waals surface area contributed by atoms with E-state index in [1.54, 1.807) is 19.9 Å².